The van der Waals surface area contributed by atoms with Gasteiger partial charge in [0.15, 0.2) is 11.6 Å². The number of rotatable bonds is 6. The molecular weight excluding hydrogens is 545 g/mol. The van der Waals surface area contributed by atoms with E-state index in [1.54, 1.807) is 19.1 Å². The molecule has 2 saturated heterocycles. The molecular formula is C27H33F3N6O5. The molecule has 2 fully saturated rings. The zero-order valence-electron chi connectivity index (χ0n) is 23.2. The number of anilines is 3. The van der Waals surface area contributed by atoms with Crippen LogP contribution < -0.4 is 25.2 Å². The summed E-state index contributed by atoms with van der Waals surface area (Å²) in [6.07, 6.45) is -1.78. The largest absolute Gasteiger partial charge is 0.489 e. The molecule has 3 atom stereocenters. The highest BCUT2D eigenvalue weighted by Crippen LogP contribution is 2.40. The van der Waals surface area contributed by atoms with Gasteiger partial charge >= 0.3 is 12.2 Å². The van der Waals surface area contributed by atoms with E-state index in [0.717, 1.165) is 19.9 Å². The number of piperidine rings is 1. The van der Waals surface area contributed by atoms with Crippen molar-refractivity contribution in [1.82, 2.24) is 15.3 Å². The Hall–Kier alpha value is -3.65. The SMILES string of the molecule is Cc1cc(C(=O)NC(C)C(F)(F)F)nc2c1N1CCC[C@@H](C1)N2C(=O)Nc1ccc(OCC2COC(C)(C)O2)cn1. The molecule has 11 nitrogen and oxygen atoms in total. The van der Waals surface area contributed by atoms with Gasteiger partial charge in [-0.15, -0.1) is 0 Å². The predicted molar refractivity (Wildman–Crippen MR) is 143 cm³/mol. The fourth-order valence-corrected chi connectivity index (χ4v) is 5.22. The average Bonchev–Trinajstić information content (AvgIpc) is 3.25. The molecule has 0 aliphatic carbocycles. The first-order valence-corrected chi connectivity index (χ1v) is 13.5. The molecule has 14 heteroatoms. The number of nitrogens with zero attached hydrogens (tertiary/aromatic N) is 4. The third-order valence-corrected chi connectivity index (χ3v) is 7.24. The third kappa shape index (κ3) is 6.32. The van der Waals surface area contributed by atoms with Crippen LogP contribution in [0, 0.1) is 6.92 Å². The lowest BCUT2D eigenvalue weighted by Gasteiger charge is -2.46. The van der Waals surface area contributed by atoms with Crippen molar-refractivity contribution in [2.45, 2.75) is 70.7 Å². The van der Waals surface area contributed by atoms with Crippen LogP contribution in [0.1, 0.15) is 49.7 Å². The summed E-state index contributed by atoms with van der Waals surface area (Å²) in [5, 5.41) is 4.72. The number of amides is 3. The summed E-state index contributed by atoms with van der Waals surface area (Å²) in [5.74, 6) is -0.633. The van der Waals surface area contributed by atoms with Gasteiger partial charge in [0, 0.05) is 13.1 Å². The van der Waals surface area contributed by atoms with E-state index in [1.165, 1.54) is 17.2 Å². The molecule has 2 bridgehead atoms. The number of carbonyl (C=O) groups excluding carboxylic acids is 2. The Morgan fingerprint density at radius 2 is 2.07 bits per heavy atom. The second kappa shape index (κ2) is 11.0. The first-order valence-electron chi connectivity index (χ1n) is 13.5. The van der Waals surface area contributed by atoms with E-state index < -0.39 is 29.9 Å². The summed E-state index contributed by atoms with van der Waals surface area (Å²) >= 11 is 0. The number of hydrogen-bond donors (Lipinski definition) is 2. The lowest BCUT2D eigenvalue weighted by Crippen LogP contribution is -2.56. The van der Waals surface area contributed by atoms with Crippen molar-refractivity contribution in [2.24, 2.45) is 0 Å². The molecule has 2 N–H and O–H groups in total. The summed E-state index contributed by atoms with van der Waals surface area (Å²) in [4.78, 5) is 38.6. The minimum absolute atomic E-state index is 0.198. The number of aryl methyl sites for hydroxylation is 1. The van der Waals surface area contributed by atoms with Crippen LogP contribution in [0.5, 0.6) is 5.75 Å². The quantitative estimate of drug-likeness (QED) is 0.528. The molecule has 5 rings (SSSR count). The zero-order valence-corrected chi connectivity index (χ0v) is 23.2. The Kier molecular flexibility index (Phi) is 7.72. The predicted octanol–water partition coefficient (Wildman–Crippen LogP) is 4.02. The Morgan fingerprint density at radius 3 is 2.73 bits per heavy atom. The van der Waals surface area contributed by atoms with Crippen molar-refractivity contribution in [3.8, 4) is 5.75 Å². The van der Waals surface area contributed by atoms with Crippen LogP contribution in [0.3, 0.4) is 0 Å². The molecule has 3 amide bonds. The van der Waals surface area contributed by atoms with Crippen molar-refractivity contribution < 1.29 is 37.0 Å². The molecule has 0 saturated carbocycles. The standard InChI is InChI=1S/C27H33F3N6O5/c1-15-10-20(24(37)32-16(2)27(28,29)30)33-23-22(15)35-9-5-6-17(12-35)36(23)25(38)34-21-8-7-18(11-31-21)39-13-19-14-40-26(3,4)41-19/h7-8,10-11,16-17,19H,5-6,9,12-14H2,1-4H3,(H,32,37)(H,31,34,38)/t16?,17-,19?/m0/s1. The number of hydrogen-bond acceptors (Lipinski definition) is 8. The molecule has 41 heavy (non-hydrogen) atoms. The molecule has 3 aliphatic rings. The smallest absolute Gasteiger partial charge is 0.408 e. The number of nitrogens with one attached hydrogen (secondary N) is 2. The van der Waals surface area contributed by atoms with Crippen LogP contribution in [-0.2, 0) is 9.47 Å². The lowest BCUT2D eigenvalue weighted by atomic mass is 9.98. The number of pyridine rings is 2. The van der Waals surface area contributed by atoms with Gasteiger partial charge in [-0.25, -0.2) is 14.8 Å². The van der Waals surface area contributed by atoms with E-state index in [0.29, 0.717) is 36.6 Å². The number of fused-ring (bicyclic) bond motifs is 4. The van der Waals surface area contributed by atoms with Crippen molar-refractivity contribution in [3.05, 3.63) is 35.7 Å². The highest BCUT2D eigenvalue weighted by atomic mass is 19.4. The fraction of sp³-hybridized carbons (Fsp3) is 0.556. The second-order valence-corrected chi connectivity index (χ2v) is 10.9. The van der Waals surface area contributed by atoms with Gasteiger partial charge in [-0.2, -0.15) is 13.2 Å². The van der Waals surface area contributed by atoms with Gasteiger partial charge in [0.05, 0.1) is 24.5 Å². The number of alkyl halides is 3. The van der Waals surface area contributed by atoms with Crippen molar-refractivity contribution in [2.75, 3.05) is 41.4 Å². The summed E-state index contributed by atoms with van der Waals surface area (Å²) in [6.45, 7) is 8.29. The topological polar surface area (TPSA) is 118 Å². The van der Waals surface area contributed by atoms with Crippen molar-refractivity contribution >= 4 is 29.3 Å². The van der Waals surface area contributed by atoms with Crippen molar-refractivity contribution in [3.63, 3.8) is 0 Å². The molecule has 2 aromatic rings. The van der Waals surface area contributed by atoms with Gasteiger partial charge in [-0.3, -0.25) is 15.0 Å². The lowest BCUT2D eigenvalue weighted by molar-refractivity contribution is -0.149. The van der Waals surface area contributed by atoms with Gasteiger partial charge in [0.1, 0.15) is 36.0 Å². The fourth-order valence-electron chi connectivity index (χ4n) is 5.22. The van der Waals surface area contributed by atoms with Gasteiger partial charge in [0.2, 0.25) is 0 Å². The molecule has 3 aliphatic heterocycles. The summed E-state index contributed by atoms with van der Waals surface area (Å²) < 4.78 is 56.1. The first-order chi connectivity index (χ1) is 19.3. The molecule has 2 unspecified atom stereocenters. The minimum atomic E-state index is -4.60. The maximum Gasteiger partial charge on any atom is 0.408 e. The van der Waals surface area contributed by atoms with E-state index in [2.05, 4.69) is 20.2 Å². The van der Waals surface area contributed by atoms with Crippen LogP contribution >= 0.6 is 0 Å². The summed E-state index contributed by atoms with van der Waals surface area (Å²) in [5.41, 5.74) is 1.11. The van der Waals surface area contributed by atoms with Crippen LogP contribution in [0.15, 0.2) is 24.4 Å². The zero-order chi connectivity index (χ0) is 29.5. The molecule has 0 spiro atoms. The van der Waals surface area contributed by atoms with Gasteiger partial charge < -0.3 is 24.4 Å². The molecule has 2 aromatic heterocycles. The van der Waals surface area contributed by atoms with Gasteiger partial charge in [0.25, 0.3) is 5.91 Å². The van der Waals surface area contributed by atoms with E-state index >= 15 is 0 Å². The van der Waals surface area contributed by atoms with E-state index in [9.17, 15) is 22.8 Å². The molecule has 0 radical (unpaired) electrons. The number of carbonyl (C=O) groups is 2. The average molecular weight is 579 g/mol. The third-order valence-electron chi connectivity index (χ3n) is 7.24. The second-order valence-electron chi connectivity index (χ2n) is 10.9. The summed E-state index contributed by atoms with van der Waals surface area (Å²) in [7, 11) is 0. The maximum absolute atomic E-state index is 13.6. The molecule has 5 heterocycles. The maximum atomic E-state index is 13.6. The van der Waals surface area contributed by atoms with E-state index in [1.807, 2.05) is 19.2 Å². The van der Waals surface area contributed by atoms with Crippen molar-refractivity contribution in [1.29, 1.82) is 0 Å². The summed E-state index contributed by atoms with van der Waals surface area (Å²) in [6, 6.07) is 1.92. The number of halogens is 3. The van der Waals surface area contributed by atoms with Gasteiger partial charge in [-0.1, -0.05) is 0 Å². The minimum Gasteiger partial charge on any atom is -0.489 e. The number of urea groups is 1. The van der Waals surface area contributed by atoms with Crippen LogP contribution in [-0.4, -0.2) is 78.4 Å². The highest BCUT2D eigenvalue weighted by Gasteiger charge is 2.41. The van der Waals surface area contributed by atoms with Crippen LogP contribution in [0.2, 0.25) is 0 Å². The first kappa shape index (κ1) is 28.9. The van der Waals surface area contributed by atoms with Crippen LogP contribution in [0.25, 0.3) is 0 Å². The Balaban J connectivity index is 1.32. The Morgan fingerprint density at radius 1 is 1.29 bits per heavy atom. The monoisotopic (exact) mass is 578 g/mol. The number of aromatic nitrogens is 2. The highest BCUT2D eigenvalue weighted by molar-refractivity contribution is 6.05. The van der Waals surface area contributed by atoms with E-state index in [4.69, 9.17) is 14.2 Å². The van der Waals surface area contributed by atoms with Gasteiger partial charge in [-0.05, 0) is 64.3 Å². The molecule has 0 aromatic carbocycles. The normalized spacial score (nSPS) is 22.1. The Bertz CT molecular complexity index is 1310. The van der Waals surface area contributed by atoms with Crippen LogP contribution in [0.4, 0.5) is 35.3 Å². The Labute approximate surface area is 235 Å². The number of ether oxygens (including phenoxy) is 3. The van der Waals surface area contributed by atoms with E-state index in [-0.39, 0.29) is 36.1 Å². The molecule has 222 valence electrons.